The van der Waals surface area contributed by atoms with Gasteiger partial charge >= 0.3 is 0 Å². The quantitative estimate of drug-likeness (QED) is 0.818. The molecule has 0 atom stereocenters. The first-order valence-electron chi connectivity index (χ1n) is 7.20. The average molecular weight is 285 g/mol. The molecule has 0 saturated heterocycles. The zero-order valence-electron chi connectivity index (χ0n) is 12.1. The van der Waals surface area contributed by atoms with Gasteiger partial charge in [-0.15, -0.1) is 0 Å². The summed E-state index contributed by atoms with van der Waals surface area (Å²) in [5.41, 5.74) is 1.14. The molecule has 1 fully saturated rings. The Kier molecular flexibility index (Phi) is 4.06. The van der Waals surface area contributed by atoms with Crippen LogP contribution in [-0.4, -0.2) is 24.0 Å². The van der Waals surface area contributed by atoms with Crippen LogP contribution in [0.15, 0.2) is 46.9 Å². The van der Waals surface area contributed by atoms with Crippen LogP contribution in [0.1, 0.15) is 34.7 Å². The van der Waals surface area contributed by atoms with E-state index in [4.69, 9.17) is 9.15 Å². The summed E-state index contributed by atoms with van der Waals surface area (Å²) in [4.78, 5) is 14.5. The minimum absolute atomic E-state index is 0.0382. The molecule has 1 amide bonds. The van der Waals surface area contributed by atoms with Crippen molar-refractivity contribution in [3.63, 3.8) is 0 Å². The van der Waals surface area contributed by atoms with Gasteiger partial charge in [0.25, 0.3) is 5.91 Å². The van der Waals surface area contributed by atoms with E-state index in [1.54, 1.807) is 19.2 Å². The second-order valence-electron chi connectivity index (χ2n) is 5.35. The van der Waals surface area contributed by atoms with Crippen LogP contribution in [0.25, 0.3) is 0 Å². The normalized spacial score (nSPS) is 14.1. The van der Waals surface area contributed by atoms with E-state index in [0.29, 0.717) is 30.7 Å². The van der Waals surface area contributed by atoms with Crippen LogP contribution >= 0.6 is 0 Å². The third-order valence-corrected chi connectivity index (χ3v) is 3.60. The van der Waals surface area contributed by atoms with Gasteiger partial charge < -0.3 is 14.1 Å². The second-order valence-corrected chi connectivity index (χ2v) is 5.35. The van der Waals surface area contributed by atoms with Gasteiger partial charge in [-0.25, -0.2) is 0 Å². The largest absolute Gasteiger partial charge is 0.453 e. The van der Waals surface area contributed by atoms with E-state index >= 15 is 0 Å². The molecule has 21 heavy (non-hydrogen) atoms. The number of methoxy groups -OCH3 is 1. The molecule has 1 aromatic carbocycles. The number of carbonyl (C=O) groups excluding carboxylic acids is 1. The first-order chi connectivity index (χ1) is 10.3. The maximum atomic E-state index is 12.6. The Morgan fingerprint density at radius 2 is 2.00 bits per heavy atom. The van der Waals surface area contributed by atoms with Crippen LogP contribution in [0.4, 0.5) is 0 Å². The Hall–Kier alpha value is -2.07. The lowest BCUT2D eigenvalue weighted by atomic mass is 10.2. The van der Waals surface area contributed by atoms with Crippen molar-refractivity contribution in [2.75, 3.05) is 7.11 Å². The first kappa shape index (κ1) is 13.9. The van der Waals surface area contributed by atoms with Crippen LogP contribution < -0.4 is 0 Å². The number of nitrogens with zero attached hydrogens (tertiary/aromatic N) is 1. The van der Waals surface area contributed by atoms with E-state index in [0.717, 1.165) is 18.4 Å². The number of rotatable bonds is 6. The monoisotopic (exact) mass is 285 g/mol. The highest BCUT2D eigenvalue weighted by atomic mass is 16.5. The van der Waals surface area contributed by atoms with Gasteiger partial charge in [-0.1, -0.05) is 30.3 Å². The summed E-state index contributed by atoms with van der Waals surface area (Å²) in [6, 6.07) is 13.9. The van der Waals surface area contributed by atoms with Gasteiger partial charge in [-0.3, -0.25) is 4.79 Å². The molecule has 3 rings (SSSR count). The average Bonchev–Trinajstić information content (AvgIpc) is 3.25. The fourth-order valence-corrected chi connectivity index (χ4v) is 2.39. The lowest BCUT2D eigenvalue weighted by Gasteiger charge is -2.21. The van der Waals surface area contributed by atoms with Crippen molar-refractivity contribution in [1.29, 1.82) is 0 Å². The van der Waals surface area contributed by atoms with Crippen molar-refractivity contribution in [2.45, 2.75) is 32.0 Å². The van der Waals surface area contributed by atoms with Gasteiger partial charge in [0, 0.05) is 19.7 Å². The maximum absolute atomic E-state index is 12.6. The molecule has 4 heteroatoms. The fraction of sp³-hybridized carbons (Fsp3) is 0.353. The molecule has 0 bridgehead atoms. The topological polar surface area (TPSA) is 42.7 Å². The number of carbonyl (C=O) groups is 1. The third-order valence-electron chi connectivity index (χ3n) is 3.60. The van der Waals surface area contributed by atoms with Crippen molar-refractivity contribution < 1.29 is 13.9 Å². The molecule has 4 nitrogen and oxygen atoms in total. The molecule has 0 spiro atoms. The predicted molar refractivity (Wildman–Crippen MR) is 78.8 cm³/mol. The predicted octanol–water partition coefficient (Wildman–Crippen LogP) is 3.23. The number of ether oxygens (including phenoxy) is 1. The van der Waals surface area contributed by atoms with Crippen molar-refractivity contribution in [3.8, 4) is 0 Å². The van der Waals surface area contributed by atoms with Gasteiger partial charge in [0.05, 0.1) is 0 Å². The molecule has 0 radical (unpaired) electrons. The highest BCUT2D eigenvalue weighted by Crippen LogP contribution is 2.30. The van der Waals surface area contributed by atoms with E-state index in [2.05, 4.69) is 0 Å². The van der Waals surface area contributed by atoms with Crippen molar-refractivity contribution in [3.05, 3.63) is 59.5 Å². The summed E-state index contributed by atoms with van der Waals surface area (Å²) < 4.78 is 10.6. The SMILES string of the molecule is COCc1ccc(C(=O)N(Cc2ccccc2)C2CC2)o1. The molecule has 0 N–H and O–H groups in total. The zero-order valence-corrected chi connectivity index (χ0v) is 12.1. The zero-order chi connectivity index (χ0) is 14.7. The molecule has 110 valence electrons. The van der Waals surface area contributed by atoms with Gasteiger partial charge in [0.2, 0.25) is 0 Å². The molecular formula is C17H19NO3. The molecule has 0 aliphatic heterocycles. The summed E-state index contributed by atoms with van der Waals surface area (Å²) in [7, 11) is 1.61. The van der Waals surface area contributed by atoms with E-state index in [9.17, 15) is 4.79 Å². The molecule has 1 aromatic heterocycles. The minimum Gasteiger partial charge on any atom is -0.453 e. The lowest BCUT2D eigenvalue weighted by molar-refractivity contribution is 0.0690. The maximum Gasteiger partial charge on any atom is 0.290 e. The molecule has 0 unspecified atom stereocenters. The molecule has 1 aliphatic carbocycles. The van der Waals surface area contributed by atoms with Crippen LogP contribution in [0.5, 0.6) is 0 Å². The van der Waals surface area contributed by atoms with Gasteiger partial charge in [0.15, 0.2) is 5.76 Å². The highest BCUT2D eigenvalue weighted by molar-refractivity contribution is 5.92. The van der Waals surface area contributed by atoms with Crippen LogP contribution in [-0.2, 0) is 17.9 Å². The Labute approximate surface area is 124 Å². The Bertz CT molecular complexity index is 602. The highest BCUT2D eigenvalue weighted by Gasteiger charge is 2.34. The van der Waals surface area contributed by atoms with Gasteiger partial charge in [-0.05, 0) is 30.5 Å². The van der Waals surface area contributed by atoms with Crippen LogP contribution in [0, 0.1) is 0 Å². The van der Waals surface area contributed by atoms with E-state index in [1.165, 1.54) is 0 Å². The molecule has 2 aromatic rings. The molecular weight excluding hydrogens is 266 g/mol. The van der Waals surface area contributed by atoms with Crippen LogP contribution in [0.3, 0.4) is 0 Å². The number of hydrogen-bond acceptors (Lipinski definition) is 3. The molecule has 1 heterocycles. The molecule has 1 aliphatic rings. The molecule has 1 saturated carbocycles. The first-order valence-corrected chi connectivity index (χ1v) is 7.20. The van der Waals surface area contributed by atoms with Crippen molar-refractivity contribution >= 4 is 5.91 Å². The fourth-order valence-electron chi connectivity index (χ4n) is 2.39. The van der Waals surface area contributed by atoms with Crippen molar-refractivity contribution in [1.82, 2.24) is 4.90 Å². The Morgan fingerprint density at radius 1 is 1.24 bits per heavy atom. The Morgan fingerprint density at radius 3 is 2.67 bits per heavy atom. The van der Waals surface area contributed by atoms with Crippen molar-refractivity contribution in [2.24, 2.45) is 0 Å². The number of hydrogen-bond donors (Lipinski definition) is 0. The third kappa shape index (κ3) is 3.34. The number of amides is 1. The summed E-state index contributed by atoms with van der Waals surface area (Å²) in [5, 5.41) is 0. The minimum atomic E-state index is -0.0382. The Balaban J connectivity index is 1.75. The number of furan rings is 1. The standard InChI is InChI=1S/C17H19NO3/c1-20-12-15-9-10-16(21-15)17(19)18(14-7-8-14)11-13-5-3-2-4-6-13/h2-6,9-10,14H,7-8,11-12H2,1H3. The summed E-state index contributed by atoms with van der Waals surface area (Å²) in [6.07, 6.45) is 2.15. The van der Waals surface area contributed by atoms with Crippen LogP contribution in [0.2, 0.25) is 0 Å². The van der Waals surface area contributed by atoms with E-state index < -0.39 is 0 Å². The van der Waals surface area contributed by atoms with E-state index in [-0.39, 0.29) is 5.91 Å². The number of benzene rings is 1. The van der Waals surface area contributed by atoms with Gasteiger partial charge in [-0.2, -0.15) is 0 Å². The van der Waals surface area contributed by atoms with E-state index in [1.807, 2.05) is 35.2 Å². The smallest absolute Gasteiger partial charge is 0.290 e. The summed E-state index contributed by atoms with van der Waals surface area (Å²) >= 11 is 0. The lowest BCUT2D eigenvalue weighted by Crippen LogP contribution is -2.32. The summed E-state index contributed by atoms with van der Waals surface area (Å²) in [5.74, 6) is 1.03. The summed E-state index contributed by atoms with van der Waals surface area (Å²) in [6.45, 7) is 1.01. The second kappa shape index (κ2) is 6.14. The van der Waals surface area contributed by atoms with Gasteiger partial charge in [0.1, 0.15) is 12.4 Å².